The number of carboxylic acid groups (broad SMARTS) is 1. The molecule has 0 saturated heterocycles. The van der Waals surface area contributed by atoms with E-state index in [0.717, 1.165) is 6.42 Å². The molecule has 0 amide bonds. The molecule has 4 N–H and O–H groups in total. The Hall–Kier alpha value is -1.60. The first-order valence-electron chi connectivity index (χ1n) is 5.94. The van der Waals surface area contributed by atoms with Crippen LogP contribution in [0.4, 0.5) is 5.69 Å². The summed E-state index contributed by atoms with van der Waals surface area (Å²) in [6.45, 7) is 0.344. The number of nitrogens with one attached hydrogen (secondary N) is 1. The number of aliphatic carboxylic acids is 1. The molecule has 0 aliphatic heterocycles. The van der Waals surface area contributed by atoms with Gasteiger partial charge >= 0.3 is 5.97 Å². The number of primary sulfonamides is 1. The summed E-state index contributed by atoms with van der Waals surface area (Å²) in [5.41, 5.74) is -0.00144. The van der Waals surface area contributed by atoms with Crippen LogP contribution in [-0.2, 0) is 14.8 Å². The summed E-state index contributed by atoms with van der Waals surface area (Å²) < 4.78 is 22.2. The third kappa shape index (κ3) is 2.87. The minimum atomic E-state index is -3.69. The molecule has 0 atom stereocenters. The number of rotatable bonds is 5. The highest BCUT2D eigenvalue weighted by Crippen LogP contribution is 2.41. The molecule has 6 nitrogen and oxygen atoms in total. The van der Waals surface area contributed by atoms with Crippen LogP contribution in [0.2, 0.25) is 0 Å². The topological polar surface area (TPSA) is 109 Å². The predicted octanol–water partition coefficient (Wildman–Crippen LogP) is 1.00. The number of carbonyl (C=O) groups is 1. The first-order valence-corrected chi connectivity index (χ1v) is 7.48. The van der Waals surface area contributed by atoms with Crippen LogP contribution >= 0.6 is 0 Å². The van der Waals surface area contributed by atoms with Crippen molar-refractivity contribution in [3.63, 3.8) is 0 Å². The zero-order valence-electron chi connectivity index (χ0n) is 10.3. The van der Waals surface area contributed by atoms with E-state index >= 15 is 0 Å². The van der Waals surface area contributed by atoms with Crippen LogP contribution in [0.15, 0.2) is 29.2 Å². The maximum atomic E-state index is 11.2. The van der Waals surface area contributed by atoms with Crippen molar-refractivity contribution in [2.75, 3.05) is 11.9 Å². The van der Waals surface area contributed by atoms with Crippen molar-refractivity contribution in [1.82, 2.24) is 0 Å². The summed E-state index contributed by atoms with van der Waals surface area (Å²) in [4.78, 5) is 11.2. The smallest absolute Gasteiger partial charge is 0.311 e. The molecule has 1 aromatic rings. The second kappa shape index (κ2) is 4.82. The van der Waals surface area contributed by atoms with Gasteiger partial charge < -0.3 is 10.4 Å². The van der Waals surface area contributed by atoms with E-state index < -0.39 is 21.4 Å². The lowest BCUT2D eigenvalue weighted by Crippen LogP contribution is -2.43. The third-order valence-corrected chi connectivity index (χ3v) is 4.51. The van der Waals surface area contributed by atoms with Crippen molar-refractivity contribution < 1.29 is 18.3 Å². The Bertz CT molecular complexity index is 576. The Morgan fingerprint density at radius 3 is 2.26 bits per heavy atom. The maximum absolute atomic E-state index is 11.2. The van der Waals surface area contributed by atoms with Gasteiger partial charge in [0.25, 0.3) is 0 Å². The van der Waals surface area contributed by atoms with Gasteiger partial charge in [-0.05, 0) is 37.1 Å². The summed E-state index contributed by atoms with van der Waals surface area (Å²) >= 11 is 0. The zero-order valence-corrected chi connectivity index (χ0v) is 11.1. The molecule has 1 fully saturated rings. The van der Waals surface area contributed by atoms with E-state index in [2.05, 4.69) is 5.32 Å². The van der Waals surface area contributed by atoms with Crippen LogP contribution in [0.1, 0.15) is 19.3 Å². The average molecular weight is 284 g/mol. The Labute approximate surface area is 111 Å². The molecule has 7 heteroatoms. The molecule has 1 saturated carbocycles. The number of anilines is 1. The fourth-order valence-corrected chi connectivity index (χ4v) is 2.62. The Kier molecular flexibility index (Phi) is 3.51. The number of sulfonamides is 1. The predicted molar refractivity (Wildman–Crippen MR) is 70.2 cm³/mol. The molecule has 104 valence electrons. The monoisotopic (exact) mass is 284 g/mol. The van der Waals surface area contributed by atoms with E-state index in [1.54, 1.807) is 12.1 Å². The van der Waals surface area contributed by atoms with Crippen LogP contribution in [0.25, 0.3) is 0 Å². The number of hydrogen-bond donors (Lipinski definition) is 3. The Morgan fingerprint density at radius 1 is 1.32 bits per heavy atom. The summed E-state index contributed by atoms with van der Waals surface area (Å²) in [6, 6.07) is 5.94. The molecule has 2 rings (SSSR count). The molecular formula is C12H16N2O4S. The highest BCUT2D eigenvalue weighted by atomic mass is 32.2. The van der Waals surface area contributed by atoms with Crippen LogP contribution in [0, 0.1) is 5.41 Å². The molecule has 1 aliphatic rings. The lowest BCUT2D eigenvalue weighted by atomic mass is 9.69. The normalized spacial score (nSPS) is 17.5. The molecule has 0 radical (unpaired) electrons. The summed E-state index contributed by atoms with van der Waals surface area (Å²) in [6.07, 6.45) is 2.27. The van der Waals surface area contributed by atoms with Crippen molar-refractivity contribution in [1.29, 1.82) is 0 Å². The fourth-order valence-electron chi connectivity index (χ4n) is 2.10. The van der Waals surface area contributed by atoms with Gasteiger partial charge in [-0.25, -0.2) is 13.6 Å². The van der Waals surface area contributed by atoms with Crippen LogP contribution < -0.4 is 10.5 Å². The molecule has 1 aromatic carbocycles. The van der Waals surface area contributed by atoms with E-state index in [-0.39, 0.29) is 4.90 Å². The number of carboxylic acids is 1. The van der Waals surface area contributed by atoms with E-state index in [1.807, 2.05) is 0 Å². The molecule has 0 unspecified atom stereocenters. The molecule has 0 aromatic heterocycles. The first-order chi connectivity index (χ1) is 8.83. The van der Waals surface area contributed by atoms with Gasteiger partial charge in [-0.3, -0.25) is 4.79 Å². The minimum Gasteiger partial charge on any atom is -0.481 e. The molecule has 19 heavy (non-hydrogen) atoms. The van der Waals surface area contributed by atoms with E-state index in [9.17, 15) is 18.3 Å². The van der Waals surface area contributed by atoms with Crippen LogP contribution in [0.3, 0.4) is 0 Å². The number of nitrogens with two attached hydrogens (primary N) is 1. The third-order valence-electron chi connectivity index (χ3n) is 3.58. The van der Waals surface area contributed by atoms with E-state index in [1.165, 1.54) is 12.1 Å². The lowest BCUT2D eigenvalue weighted by Gasteiger charge is -2.37. The molecule has 1 aliphatic carbocycles. The lowest BCUT2D eigenvalue weighted by molar-refractivity contribution is -0.153. The largest absolute Gasteiger partial charge is 0.481 e. The zero-order chi connectivity index (χ0) is 14.1. The van der Waals surface area contributed by atoms with Crippen molar-refractivity contribution in [2.45, 2.75) is 24.2 Å². The van der Waals surface area contributed by atoms with Crippen molar-refractivity contribution in [3.05, 3.63) is 24.3 Å². The van der Waals surface area contributed by atoms with Gasteiger partial charge in [-0.2, -0.15) is 0 Å². The van der Waals surface area contributed by atoms with Gasteiger partial charge in [0.05, 0.1) is 10.3 Å². The van der Waals surface area contributed by atoms with Crippen molar-refractivity contribution in [3.8, 4) is 0 Å². The standard InChI is InChI=1S/C12H16N2O4S/c13-19(17,18)10-4-2-9(3-5-10)14-8-12(11(15)16)6-1-7-12/h2-5,14H,1,6-8H2,(H,15,16)(H2,13,17,18). The molecular weight excluding hydrogens is 268 g/mol. The summed E-state index contributed by atoms with van der Waals surface area (Å²) in [5, 5.41) is 17.2. The number of benzene rings is 1. The van der Waals surface area contributed by atoms with Gasteiger partial charge in [0, 0.05) is 12.2 Å². The van der Waals surface area contributed by atoms with Gasteiger partial charge in [0.2, 0.25) is 10.0 Å². The van der Waals surface area contributed by atoms with Gasteiger partial charge in [-0.1, -0.05) is 6.42 Å². The maximum Gasteiger partial charge on any atom is 0.311 e. The minimum absolute atomic E-state index is 0.0367. The van der Waals surface area contributed by atoms with E-state index in [4.69, 9.17) is 5.14 Å². The molecule has 0 spiro atoms. The summed E-state index contributed by atoms with van der Waals surface area (Å²) in [5.74, 6) is -0.785. The summed E-state index contributed by atoms with van der Waals surface area (Å²) in [7, 11) is -3.69. The second-order valence-corrected chi connectivity index (χ2v) is 6.42. The van der Waals surface area contributed by atoms with Crippen LogP contribution in [-0.4, -0.2) is 26.0 Å². The van der Waals surface area contributed by atoms with Gasteiger partial charge in [0.1, 0.15) is 0 Å². The molecule has 0 heterocycles. The van der Waals surface area contributed by atoms with Gasteiger partial charge in [0.15, 0.2) is 0 Å². The Balaban J connectivity index is 2.03. The second-order valence-electron chi connectivity index (χ2n) is 4.86. The van der Waals surface area contributed by atoms with Crippen molar-refractivity contribution >= 4 is 21.7 Å². The molecule has 0 bridgehead atoms. The Morgan fingerprint density at radius 2 is 1.89 bits per heavy atom. The highest BCUT2D eigenvalue weighted by Gasteiger charge is 2.44. The average Bonchev–Trinajstić information content (AvgIpc) is 2.26. The first kappa shape index (κ1) is 13.8. The quantitative estimate of drug-likeness (QED) is 0.747. The van der Waals surface area contributed by atoms with E-state index in [0.29, 0.717) is 25.1 Å². The van der Waals surface area contributed by atoms with Gasteiger partial charge in [-0.15, -0.1) is 0 Å². The SMILES string of the molecule is NS(=O)(=O)c1ccc(NCC2(C(=O)O)CCC2)cc1. The van der Waals surface area contributed by atoms with Crippen LogP contribution in [0.5, 0.6) is 0 Å². The fraction of sp³-hybridized carbons (Fsp3) is 0.417. The van der Waals surface area contributed by atoms with Crippen molar-refractivity contribution in [2.24, 2.45) is 10.6 Å². The number of hydrogen-bond acceptors (Lipinski definition) is 4. The highest BCUT2D eigenvalue weighted by molar-refractivity contribution is 7.89.